The molecule has 2 aromatic carbocycles. The fraction of sp³-hybridized carbons (Fsp3) is 0.0588. The summed E-state index contributed by atoms with van der Waals surface area (Å²) in [4.78, 5) is 22.7. The number of rotatable bonds is 4. The van der Waals surface area contributed by atoms with Crippen LogP contribution in [-0.2, 0) is 11.4 Å². The molecule has 3 amide bonds. The third-order valence-corrected chi connectivity index (χ3v) is 4.56. The topological polar surface area (TPSA) is 67.4 Å². The number of ether oxygens (including phenoxy) is 1. The fourth-order valence-electron chi connectivity index (χ4n) is 2.22. The van der Waals surface area contributed by atoms with Crippen LogP contribution in [0.4, 0.5) is 9.18 Å². The molecule has 1 aliphatic rings. The number of hydrogen-bond donors (Lipinski definition) is 2. The van der Waals surface area contributed by atoms with E-state index in [1.807, 2.05) is 0 Å². The third-order valence-electron chi connectivity index (χ3n) is 3.38. The quantitative estimate of drug-likeness (QED) is 0.523. The van der Waals surface area contributed by atoms with Crippen molar-refractivity contribution in [3.63, 3.8) is 0 Å². The van der Waals surface area contributed by atoms with Crippen LogP contribution in [0.25, 0.3) is 6.08 Å². The average Bonchev–Trinajstić information content (AvgIpc) is 2.85. The molecule has 0 saturated carbocycles. The molecule has 1 fully saturated rings. The lowest BCUT2D eigenvalue weighted by molar-refractivity contribution is -0.115. The van der Waals surface area contributed by atoms with Gasteiger partial charge in [0.25, 0.3) is 5.91 Å². The highest BCUT2D eigenvalue weighted by molar-refractivity contribution is 9.11. The Hall–Kier alpha value is -2.19. The second kappa shape index (κ2) is 7.37. The lowest BCUT2D eigenvalue weighted by Crippen LogP contribution is -2.22. The lowest BCUT2D eigenvalue weighted by atomic mass is 10.2. The third kappa shape index (κ3) is 4.08. The van der Waals surface area contributed by atoms with Gasteiger partial charge in [0.05, 0.1) is 8.95 Å². The minimum atomic E-state index is -0.556. The van der Waals surface area contributed by atoms with Gasteiger partial charge in [-0.2, -0.15) is 0 Å². The first-order chi connectivity index (χ1) is 11.9. The Morgan fingerprint density at radius 2 is 1.76 bits per heavy atom. The van der Waals surface area contributed by atoms with E-state index in [1.54, 1.807) is 30.3 Å². The van der Waals surface area contributed by atoms with E-state index in [4.69, 9.17) is 4.74 Å². The molecule has 2 aromatic rings. The number of imide groups is 1. The number of amides is 3. The number of urea groups is 1. The Morgan fingerprint density at radius 3 is 2.36 bits per heavy atom. The molecule has 3 rings (SSSR count). The summed E-state index contributed by atoms with van der Waals surface area (Å²) in [5.41, 5.74) is 1.27. The molecule has 128 valence electrons. The van der Waals surface area contributed by atoms with Gasteiger partial charge in [-0.3, -0.25) is 10.1 Å². The van der Waals surface area contributed by atoms with E-state index in [9.17, 15) is 14.0 Å². The van der Waals surface area contributed by atoms with E-state index in [2.05, 4.69) is 42.5 Å². The summed E-state index contributed by atoms with van der Waals surface area (Å²) in [5, 5.41) is 4.55. The van der Waals surface area contributed by atoms with Crippen molar-refractivity contribution < 1.29 is 18.7 Å². The first-order valence-corrected chi connectivity index (χ1v) is 8.72. The van der Waals surface area contributed by atoms with Gasteiger partial charge in [0, 0.05) is 5.56 Å². The second-order valence-corrected chi connectivity index (χ2v) is 6.87. The van der Waals surface area contributed by atoms with Crippen LogP contribution in [0.3, 0.4) is 0 Å². The van der Waals surface area contributed by atoms with Crippen LogP contribution in [-0.4, -0.2) is 11.9 Å². The van der Waals surface area contributed by atoms with Crippen molar-refractivity contribution in [1.82, 2.24) is 10.6 Å². The van der Waals surface area contributed by atoms with Gasteiger partial charge in [-0.1, -0.05) is 18.2 Å². The van der Waals surface area contributed by atoms with Crippen molar-refractivity contribution in [3.8, 4) is 5.75 Å². The molecule has 0 aromatic heterocycles. The molecule has 1 heterocycles. The Morgan fingerprint density at radius 1 is 1.08 bits per heavy atom. The normalized spacial score (nSPS) is 15.2. The highest BCUT2D eigenvalue weighted by atomic mass is 79.9. The van der Waals surface area contributed by atoms with Crippen molar-refractivity contribution in [2.75, 3.05) is 0 Å². The fourth-order valence-corrected chi connectivity index (χ4v) is 3.67. The van der Waals surface area contributed by atoms with Gasteiger partial charge in [0.2, 0.25) is 0 Å². The molecule has 2 N–H and O–H groups in total. The van der Waals surface area contributed by atoms with Gasteiger partial charge in [0.15, 0.2) is 0 Å². The standard InChI is InChI=1S/C17H11Br2FN2O3/c18-11-5-9(7-14-16(23)22-17(24)21-14)6-12(19)15(11)25-8-10-3-1-2-4-13(10)20/h1-7H,8H2,(H2,21,22,23,24)/b14-7+. The SMILES string of the molecule is O=C1NC(=O)/C(=C\c2cc(Br)c(OCc3ccccc3F)c(Br)c2)N1. The van der Waals surface area contributed by atoms with E-state index in [1.165, 1.54) is 12.1 Å². The van der Waals surface area contributed by atoms with Gasteiger partial charge < -0.3 is 10.1 Å². The number of hydrogen-bond acceptors (Lipinski definition) is 3. The summed E-state index contributed by atoms with van der Waals surface area (Å²) in [6.45, 7) is 0.0722. The van der Waals surface area contributed by atoms with E-state index in [-0.39, 0.29) is 18.1 Å². The molecule has 0 spiro atoms. The summed E-state index contributed by atoms with van der Waals surface area (Å²) in [7, 11) is 0. The van der Waals surface area contributed by atoms with Crippen LogP contribution in [0.5, 0.6) is 5.75 Å². The smallest absolute Gasteiger partial charge is 0.326 e. The minimum Gasteiger partial charge on any atom is -0.486 e. The predicted octanol–water partition coefficient (Wildman–Crippen LogP) is 4.11. The van der Waals surface area contributed by atoms with Crippen molar-refractivity contribution in [2.45, 2.75) is 6.61 Å². The van der Waals surface area contributed by atoms with Crippen LogP contribution < -0.4 is 15.4 Å². The maximum atomic E-state index is 13.7. The highest BCUT2D eigenvalue weighted by Gasteiger charge is 2.23. The molecule has 1 saturated heterocycles. The van der Waals surface area contributed by atoms with Crippen LogP contribution in [0.15, 0.2) is 51.0 Å². The van der Waals surface area contributed by atoms with Crippen molar-refractivity contribution in [1.29, 1.82) is 0 Å². The zero-order chi connectivity index (χ0) is 18.0. The van der Waals surface area contributed by atoms with Crippen molar-refractivity contribution >= 4 is 49.9 Å². The van der Waals surface area contributed by atoms with E-state index in [0.717, 1.165) is 0 Å². The Bertz CT molecular complexity index is 876. The maximum Gasteiger partial charge on any atom is 0.326 e. The van der Waals surface area contributed by atoms with Crippen LogP contribution >= 0.6 is 31.9 Å². The molecule has 8 heteroatoms. The Balaban J connectivity index is 1.81. The summed E-state index contributed by atoms with van der Waals surface area (Å²) in [6, 6.07) is 9.28. The van der Waals surface area contributed by atoms with Gasteiger partial charge in [0.1, 0.15) is 23.9 Å². The number of benzene rings is 2. The molecule has 1 aliphatic heterocycles. The maximum absolute atomic E-state index is 13.7. The van der Waals surface area contributed by atoms with E-state index < -0.39 is 11.9 Å². The molecule has 0 aliphatic carbocycles. The molecule has 5 nitrogen and oxygen atoms in total. The van der Waals surface area contributed by atoms with Gasteiger partial charge in [-0.05, 0) is 61.7 Å². The first-order valence-electron chi connectivity index (χ1n) is 7.13. The summed E-state index contributed by atoms with van der Waals surface area (Å²) < 4.78 is 20.6. The lowest BCUT2D eigenvalue weighted by Gasteiger charge is -2.12. The van der Waals surface area contributed by atoms with Gasteiger partial charge in [-0.15, -0.1) is 0 Å². The summed E-state index contributed by atoms with van der Waals surface area (Å²) >= 11 is 6.80. The van der Waals surface area contributed by atoms with E-state index >= 15 is 0 Å². The van der Waals surface area contributed by atoms with Gasteiger partial charge in [-0.25, -0.2) is 9.18 Å². The molecule has 0 radical (unpaired) electrons. The molecule has 0 bridgehead atoms. The van der Waals surface area contributed by atoms with Gasteiger partial charge >= 0.3 is 6.03 Å². The second-order valence-electron chi connectivity index (χ2n) is 5.16. The largest absolute Gasteiger partial charge is 0.486 e. The molecular weight excluding hydrogens is 459 g/mol. The summed E-state index contributed by atoms with van der Waals surface area (Å²) in [6.07, 6.45) is 1.54. The number of carbonyl (C=O) groups is 2. The van der Waals surface area contributed by atoms with Crippen molar-refractivity contribution in [3.05, 3.63) is 68.0 Å². The Labute approximate surface area is 159 Å². The zero-order valence-corrected chi connectivity index (χ0v) is 15.8. The highest BCUT2D eigenvalue weighted by Crippen LogP contribution is 2.36. The van der Waals surface area contributed by atoms with E-state index in [0.29, 0.717) is 25.8 Å². The molecule has 0 unspecified atom stereocenters. The molecule has 0 atom stereocenters. The molecular formula is C17H11Br2FN2O3. The van der Waals surface area contributed by atoms with Crippen LogP contribution in [0, 0.1) is 5.82 Å². The van der Waals surface area contributed by atoms with Crippen molar-refractivity contribution in [2.24, 2.45) is 0 Å². The molecule has 25 heavy (non-hydrogen) atoms. The average molecular weight is 470 g/mol. The van der Waals surface area contributed by atoms with Crippen LogP contribution in [0.1, 0.15) is 11.1 Å². The van der Waals surface area contributed by atoms with Crippen LogP contribution in [0.2, 0.25) is 0 Å². The minimum absolute atomic E-state index is 0.0722. The zero-order valence-electron chi connectivity index (χ0n) is 12.6. The predicted molar refractivity (Wildman–Crippen MR) is 97.2 cm³/mol. The number of nitrogens with one attached hydrogen (secondary N) is 2. The first kappa shape index (κ1) is 17.6. The number of halogens is 3. The summed E-state index contributed by atoms with van der Waals surface area (Å²) in [5.74, 6) is -0.318. The Kier molecular flexibility index (Phi) is 5.19. The monoisotopic (exact) mass is 468 g/mol. The number of carbonyl (C=O) groups excluding carboxylic acids is 2.